The lowest BCUT2D eigenvalue weighted by Gasteiger charge is -2.36. The largest absolute Gasteiger partial charge is 0.454 e. The van der Waals surface area contributed by atoms with Crippen LogP contribution in [0.15, 0.2) is 91.0 Å². The number of benzene rings is 4. The Morgan fingerprint density at radius 3 is 2.40 bits per heavy atom. The first-order valence-electron chi connectivity index (χ1n) is 14.0. The van der Waals surface area contributed by atoms with Crippen molar-refractivity contribution >= 4 is 34.8 Å². The maximum Gasteiger partial charge on any atom is 0.256 e. The van der Waals surface area contributed by atoms with Gasteiger partial charge in [0.1, 0.15) is 6.17 Å². The number of carbonyl (C=O) groups is 2. The van der Waals surface area contributed by atoms with E-state index in [-0.39, 0.29) is 24.8 Å². The normalized spacial score (nSPS) is 17.4. The van der Waals surface area contributed by atoms with E-state index < -0.39 is 0 Å². The first-order valence-corrected chi connectivity index (χ1v) is 14.4. The van der Waals surface area contributed by atoms with Crippen molar-refractivity contribution in [2.75, 3.05) is 43.2 Å². The Kier molecular flexibility index (Phi) is 6.83. The highest BCUT2D eigenvalue weighted by Gasteiger charge is 2.36. The fraction of sp³-hybridized carbons (Fsp3) is 0.212. The van der Waals surface area contributed by atoms with Gasteiger partial charge in [-0.15, -0.1) is 0 Å². The SMILES string of the molecule is O=C(c1ccc(NC2c3ccccc3C(=O)N2Cc2ccc3c(c2)OCO3)cc1)N1CCN(c2ccccc2Cl)CC1. The molecule has 2 amide bonds. The van der Waals surface area contributed by atoms with E-state index in [4.69, 9.17) is 21.1 Å². The molecule has 42 heavy (non-hydrogen) atoms. The third kappa shape index (κ3) is 4.88. The lowest BCUT2D eigenvalue weighted by molar-refractivity contribution is 0.0726. The lowest BCUT2D eigenvalue weighted by atomic mass is 10.1. The minimum atomic E-state index is -0.362. The highest BCUT2D eigenvalue weighted by Crippen LogP contribution is 2.38. The van der Waals surface area contributed by atoms with Gasteiger partial charge in [-0.2, -0.15) is 0 Å². The summed E-state index contributed by atoms with van der Waals surface area (Å²) in [5.74, 6) is 1.36. The summed E-state index contributed by atoms with van der Waals surface area (Å²) in [4.78, 5) is 32.7. The Bertz CT molecular complexity index is 1650. The van der Waals surface area contributed by atoms with Crippen LogP contribution in [-0.2, 0) is 6.54 Å². The van der Waals surface area contributed by atoms with Gasteiger partial charge in [0.25, 0.3) is 11.8 Å². The molecule has 1 atom stereocenters. The number of hydrogen-bond donors (Lipinski definition) is 1. The fourth-order valence-corrected chi connectivity index (χ4v) is 6.09. The van der Waals surface area contributed by atoms with Crippen molar-refractivity contribution in [2.24, 2.45) is 0 Å². The lowest BCUT2D eigenvalue weighted by Crippen LogP contribution is -2.48. The summed E-state index contributed by atoms with van der Waals surface area (Å²) in [5.41, 5.74) is 4.99. The predicted octanol–water partition coefficient (Wildman–Crippen LogP) is 5.80. The molecule has 0 bridgehead atoms. The van der Waals surface area contributed by atoms with Crippen LogP contribution in [0.5, 0.6) is 11.5 Å². The van der Waals surface area contributed by atoms with Gasteiger partial charge >= 0.3 is 0 Å². The summed E-state index contributed by atoms with van der Waals surface area (Å²) in [7, 11) is 0. The molecule has 3 aliphatic heterocycles. The quantitative estimate of drug-likeness (QED) is 0.311. The molecule has 0 aliphatic carbocycles. The molecule has 1 unspecified atom stereocenters. The summed E-state index contributed by atoms with van der Waals surface area (Å²) in [6.45, 7) is 3.30. The van der Waals surface area contributed by atoms with Crippen molar-refractivity contribution in [3.8, 4) is 11.5 Å². The highest BCUT2D eigenvalue weighted by atomic mass is 35.5. The number of nitrogens with zero attached hydrogens (tertiary/aromatic N) is 3. The van der Waals surface area contributed by atoms with Crippen LogP contribution in [0, 0.1) is 0 Å². The van der Waals surface area contributed by atoms with Crippen molar-refractivity contribution in [1.29, 1.82) is 0 Å². The van der Waals surface area contributed by atoms with Gasteiger partial charge in [0.05, 0.1) is 10.7 Å². The summed E-state index contributed by atoms with van der Waals surface area (Å²) in [6.07, 6.45) is -0.362. The molecule has 0 saturated carbocycles. The summed E-state index contributed by atoms with van der Waals surface area (Å²) in [5, 5.41) is 4.25. The first-order chi connectivity index (χ1) is 20.5. The van der Waals surface area contributed by atoms with E-state index in [2.05, 4.69) is 10.2 Å². The number of ether oxygens (including phenoxy) is 2. The van der Waals surface area contributed by atoms with Crippen LogP contribution in [0.25, 0.3) is 0 Å². The summed E-state index contributed by atoms with van der Waals surface area (Å²) >= 11 is 6.37. The van der Waals surface area contributed by atoms with Gasteiger partial charge in [-0.25, -0.2) is 0 Å². The number of piperazine rings is 1. The molecule has 0 spiro atoms. The van der Waals surface area contributed by atoms with Crippen LogP contribution < -0.4 is 19.7 Å². The van der Waals surface area contributed by atoms with Gasteiger partial charge in [0.2, 0.25) is 6.79 Å². The van der Waals surface area contributed by atoms with E-state index >= 15 is 0 Å². The number of amides is 2. The van der Waals surface area contributed by atoms with E-state index in [0.29, 0.717) is 42.3 Å². The van der Waals surface area contributed by atoms with E-state index in [1.165, 1.54) is 0 Å². The number of halogens is 1. The van der Waals surface area contributed by atoms with Gasteiger partial charge in [0, 0.05) is 55.1 Å². The number of carbonyl (C=O) groups excluding carboxylic acids is 2. The predicted molar refractivity (Wildman–Crippen MR) is 161 cm³/mol. The van der Waals surface area contributed by atoms with Crippen LogP contribution in [0.3, 0.4) is 0 Å². The van der Waals surface area contributed by atoms with E-state index in [1.807, 2.05) is 101 Å². The van der Waals surface area contributed by atoms with Crippen molar-refractivity contribution in [2.45, 2.75) is 12.7 Å². The van der Waals surface area contributed by atoms with Crippen molar-refractivity contribution in [3.05, 3.63) is 118 Å². The highest BCUT2D eigenvalue weighted by molar-refractivity contribution is 6.33. The van der Waals surface area contributed by atoms with Gasteiger partial charge in [-0.3, -0.25) is 9.59 Å². The van der Waals surface area contributed by atoms with E-state index in [0.717, 1.165) is 40.6 Å². The van der Waals surface area contributed by atoms with Crippen LogP contribution in [0.2, 0.25) is 5.02 Å². The summed E-state index contributed by atoms with van der Waals surface area (Å²) < 4.78 is 11.0. The second kappa shape index (κ2) is 10.9. The molecule has 1 N–H and O–H groups in total. The van der Waals surface area contributed by atoms with Crippen molar-refractivity contribution in [3.63, 3.8) is 0 Å². The average Bonchev–Trinajstić information content (AvgIpc) is 3.60. The number of fused-ring (bicyclic) bond motifs is 2. The Labute approximate surface area is 249 Å². The Morgan fingerprint density at radius 1 is 0.857 bits per heavy atom. The molecule has 3 heterocycles. The molecule has 4 aromatic carbocycles. The van der Waals surface area contributed by atoms with Crippen LogP contribution in [-0.4, -0.2) is 54.6 Å². The van der Waals surface area contributed by atoms with Gasteiger partial charge in [-0.05, 0) is 60.2 Å². The van der Waals surface area contributed by atoms with Crippen LogP contribution in [0.4, 0.5) is 11.4 Å². The monoisotopic (exact) mass is 580 g/mol. The maximum absolute atomic E-state index is 13.5. The first kappa shape index (κ1) is 26.2. The molecule has 1 saturated heterocycles. The molecule has 4 aromatic rings. The third-order valence-electron chi connectivity index (χ3n) is 8.04. The second-order valence-corrected chi connectivity index (χ2v) is 11.0. The number of rotatable bonds is 6. The molecule has 7 rings (SSSR count). The summed E-state index contributed by atoms with van der Waals surface area (Å²) in [6, 6.07) is 28.7. The van der Waals surface area contributed by atoms with E-state index in [1.54, 1.807) is 0 Å². The van der Waals surface area contributed by atoms with Gasteiger partial charge in [0.15, 0.2) is 11.5 Å². The standard InChI is InChI=1S/C33H29ClN4O4/c34-27-7-3-4-8-28(27)36-15-17-37(18-16-36)32(39)23-10-12-24(13-11-23)35-31-25-5-1-2-6-26(25)33(40)38(31)20-22-9-14-29-30(19-22)42-21-41-29/h1-14,19,31,35H,15-18,20-21H2. The molecule has 0 radical (unpaired) electrons. The number of para-hydroxylation sites is 1. The smallest absolute Gasteiger partial charge is 0.256 e. The molecular weight excluding hydrogens is 552 g/mol. The molecule has 212 valence electrons. The average molecular weight is 581 g/mol. The molecule has 8 nitrogen and oxygen atoms in total. The zero-order chi connectivity index (χ0) is 28.6. The fourth-order valence-electron chi connectivity index (χ4n) is 5.83. The van der Waals surface area contributed by atoms with Gasteiger partial charge < -0.3 is 29.5 Å². The zero-order valence-electron chi connectivity index (χ0n) is 22.8. The number of nitrogens with one attached hydrogen (secondary N) is 1. The molecule has 0 aromatic heterocycles. The van der Waals surface area contributed by atoms with Crippen molar-refractivity contribution < 1.29 is 19.1 Å². The Balaban J connectivity index is 1.05. The maximum atomic E-state index is 13.5. The minimum absolute atomic E-state index is 0.00573. The molecule has 3 aliphatic rings. The number of hydrogen-bond acceptors (Lipinski definition) is 6. The molecule has 9 heteroatoms. The molecular formula is C33H29ClN4O4. The minimum Gasteiger partial charge on any atom is -0.454 e. The number of anilines is 2. The van der Waals surface area contributed by atoms with E-state index in [9.17, 15) is 9.59 Å². The van der Waals surface area contributed by atoms with Crippen LogP contribution in [0.1, 0.15) is 38.0 Å². The van der Waals surface area contributed by atoms with Gasteiger partial charge in [-0.1, -0.05) is 48.0 Å². The Morgan fingerprint density at radius 2 is 1.60 bits per heavy atom. The van der Waals surface area contributed by atoms with Crippen LogP contribution >= 0.6 is 11.6 Å². The molecule has 1 fully saturated rings. The second-order valence-electron chi connectivity index (χ2n) is 10.6. The van der Waals surface area contributed by atoms with Crippen molar-refractivity contribution in [1.82, 2.24) is 9.80 Å². The topological polar surface area (TPSA) is 74.3 Å². The third-order valence-corrected chi connectivity index (χ3v) is 8.36. The Hall–Kier alpha value is -4.69. The zero-order valence-corrected chi connectivity index (χ0v) is 23.6.